The van der Waals surface area contributed by atoms with Crippen LogP contribution >= 0.6 is 22.6 Å². The predicted octanol–water partition coefficient (Wildman–Crippen LogP) is 1.82. The van der Waals surface area contributed by atoms with Gasteiger partial charge < -0.3 is 5.11 Å². The highest BCUT2D eigenvalue weighted by molar-refractivity contribution is 14.1. The van der Waals surface area contributed by atoms with E-state index in [2.05, 4.69) is 0 Å². The van der Waals surface area contributed by atoms with Crippen molar-refractivity contribution in [2.24, 2.45) is 0 Å². The van der Waals surface area contributed by atoms with Gasteiger partial charge in [-0.05, 0) is 5.56 Å². The molecule has 0 saturated carbocycles. The fraction of sp³-hybridized carbons (Fsp3) is 0.400. The Bertz CT molecular complexity index is 545. The van der Waals surface area contributed by atoms with Crippen LogP contribution in [0, 0.1) is 10.1 Å². The van der Waals surface area contributed by atoms with E-state index >= 15 is 0 Å². The summed E-state index contributed by atoms with van der Waals surface area (Å²) in [5.41, 5.74) is 0.0460. The third-order valence-corrected chi connectivity index (χ3v) is 7.17. The number of non-ortho nitro benzene ring substituents is 1. The van der Waals surface area contributed by atoms with Crippen molar-refractivity contribution >= 4 is 38.1 Å². The van der Waals surface area contributed by atoms with Crippen molar-refractivity contribution < 1.29 is 18.4 Å². The lowest BCUT2D eigenvalue weighted by Crippen LogP contribution is -2.24. The van der Waals surface area contributed by atoms with Crippen LogP contribution in [0.1, 0.15) is 18.6 Å². The SMILES string of the molecule is CCS(=O)(=O)C(I)C(O)c1cccc([N+](=O)[O-])c1. The second kappa shape index (κ2) is 5.93. The van der Waals surface area contributed by atoms with Crippen molar-refractivity contribution in [2.45, 2.75) is 16.3 Å². The van der Waals surface area contributed by atoms with Crippen LogP contribution in [0.2, 0.25) is 0 Å². The lowest BCUT2D eigenvalue weighted by atomic mass is 10.1. The van der Waals surface area contributed by atoms with Crippen molar-refractivity contribution in [3.63, 3.8) is 0 Å². The van der Waals surface area contributed by atoms with E-state index in [0.717, 1.165) is 0 Å². The summed E-state index contributed by atoms with van der Waals surface area (Å²) < 4.78 is 22.2. The van der Waals surface area contributed by atoms with E-state index in [4.69, 9.17) is 0 Å². The number of nitro benzene ring substituents is 1. The highest BCUT2D eigenvalue weighted by Crippen LogP contribution is 2.29. The first kappa shape index (κ1) is 15.3. The number of benzene rings is 1. The summed E-state index contributed by atoms with van der Waals surface area (Å²) in [6.07, 6.45) is -1.28. The molecule has 1 rings (SSSR count). The molecule has 0 radical (unpaired) electrons. The van der Waals surface area contributed by atoms with Crippen LogP contribution < -0.4 is 0 Å². The molecule has 0 aromatic heterocycles. The molecule has 1 N–H and O–H groups in total. The molecular weight excluding hydrogens is 373 g/mol. The molecule has 0 heterocycles. The van der Waals surface area contributed by atoms with E-state index in [1.54, 1.807) is 22.6 Å². The minimum atomic E-state index is -3.41. The van der Waals surface area contributed by atoms with E-state index in [-0.39, 0.29) is 17.0 Å². The van der Waals surface area contributed by atoms with Gasteiger partial charge in [0.1, 0.15) is 9.36 Å². The first-order valence-electron chi connectivity index (χ1n) is 5.07. The first-order chi connectivity index (χ1) is 8.29. The Kier molecular flexibility index (Phi) is 5.05. The van der Waals surface area contributed by atoms with E-state index in [0.29, 0.717) is 0 Å². The van der Waals surface area contributed by atoms with Gasteiger partial charge in [0.15, 0.2) is 9.84 Å². The van der Waals surface area contributed by atoms with Gasteiger partial charge in [0.25, 0.3) is 5.69 Å². The fourth-order valence-corrected chi connectivity index (χ4v) is 3.69. The van der Waals surface area contributed by atoms with Crippen LogP contribution in [0.25, 0.3) is 0 Å². The number of sulfone groups is 1. The van der Waals surface area contributed by atoms with Gasteiger partial charge in [-0.2, -0.15) is 0 Å². The Morgan fingerprint density at radius 2 is 2.11 bits per heavy atom. The second-order valence-corrected chi connectivity index (χ2v) is 8.20. The Morgan fingerprint density at radius 1 is 1.50 bits per heavy atom. The average molecular weight is 385 g/mol. The number of nitro groups is 1. The highest BCUT2D eigenvalue weighted by Gasteiger charge is 2.30. The second-order valence-electron chi connectivity index (χ2n) is 3.60. The number of aliphatic hydroxyl groups excluding tert-OH is 1. The Hall–Kier alpha value is -0.740. The van der Waals surface area contributed by atoms with E-state index in [1.807, 2.05) is 0 Å². The maximum absolute atomic E-state index is 11.6. The van der Waals surface area contributed by atoms with Gasteiger partial charge in [-0.25, -0.2) is 8.42 Å². The molecule has 0 aliphatic carbocycles. The summed E-state index contributed by atoms with van der Waals surface area (Å²) in [6, 6.07) is 5.35. The Morgan fingerprint density at radius 3 is 2.61 bits per heavy atom. The van der Waals surface area contributed by atoms with Crippen LogP contribution in [0.5, 0.6) is 0 Å². The summed E-state index contributed by atoms with van der Waals surface area (Å²) in [5, 5.41) is 20.6. The minimum Gasteiger partial charge on any atom is -0.386 e. The van der Waals surface area contributed by atoms with Crippen LogP contribution in [0.3, 0.4) is 0 Å². The molecule has 0 aliphatic heterocycles. The van der Waals surface area contributed by atoms with Gasteiger partial charge >= 0.3 is 0 Å². The van der Waals surface area contributed by atoms with Gasteiger partial charge in [-0.1, -0.05) is 41.6 Å². The summed E-state index contributed by atoms with van der Waals surface area (Å²) in [4.78, 5) is 10.0. The molecule has 1 aromatic carbocycles. The monoisotopic (exact) mass is 385 g/mol. The fourth-order valence-electron chi connectivity index (χ4n) is 1.33. The molecule has 2 unspecified atom stereocenters. The molecule has 1 aromatic rings. The summed E-state index contributed by atoms with van der Waals surface area (Å²) in [7, 11) is -3.41. The van der Waals surface area contributed by atoms with Crippen molar-refractivity contribution in [1.29, 1.82) is 0 Å². The maximum Gasteiger partial charge on any atom is 0.269 e. The molecule has 0 bridgehead atoms. The number of hydrogen-bond donors (Lipinski definition) is 1. The van der Waals surface area contributed by atoms with Crippen molar-refractivity contribution in [3.05, 3.63) is 39.9 Å². The van der Waals surface area contributed by atoms with Gasteiger partial charge in [0.2, 0.25) is 0 Å². The molecule has 0 fully saturated rings. The molecule has 100 valence electrons. The van der Waals surface area contributed by atoms with Crippen molar-refractivity contribution in [1.82, 2.24) is 0 Å². The van der Waals surface area contributed by atoms with Gasteiger partial charge in [-0.15, -0.1) is 0 Å². The van der Waals surface area contributed by atoms with Crippen LogP contribution in [0.4, 0.5) is 5.69 Å². The topological polar surface area (TPSA) is 97.5 Å². The normalized spacial score (nSPS) is 15.1. The summed E-state index contributed by atoms with van der Waals surface area (Å²) in [6.45, 7) is 1.49. The maximum atomic E-state index is 11.6. The number of nitrogens with zero attached hydrogens (tertiary/aromatic N) is 1. The predicted molar refractivity (Wildman–Crippen MR) is 75.3 cm³/mol. The molecule has 0 aliphatic rings. The third-order valence-electron chi connectivity index (χ3n) is 2.42. The van der Waals surface area contributed by atoms with Crippen LogP contribution in [-0.2, 0) is 9.84 Å². The lowest BCUT2D eigenvalue weighted by molar-refractivity contribution is -0.385. The molecule has 6 nitrogen and oxygen atoms in total. The number of hydrogen-bond acceptors (Lipinski definition) is 5. The number of rotatable bonds is 5. The van der Waals surface area contributed by atoms with Crippen LogP contribution in [0.15, 0.2) is 24.3 Å². The minimum absolute atomic E-state index is 0.0907. The Balaban J connectivity index is 3.08. The number of aliphatic hydroxyl groups is 1. The molecule has 18 heavy (non-hydrogen) atoms. The Labute approximate surface area is 118 Å². The molecule has 0 spiro atoms. The zero-order valence-corrected chi connectivity index (χ0v) is 12.5. The van der Waals surface area contributed by atoms with E-state index in [1.165, 1.54) is 31.2 Å². The molecule has 2 atom stereocenters. The van der Waals surface area contributed by atoms with Crippen molar-refractivity contribution in [2.75, 3.05) is 5.75 Å². The van der Waals surface area contributed by atoms with E-state index in [9.17, 15) is 23.6 Å². The van der Waals surface area contributed by atoms with E-state index < -0.39 is 24.1 Å². The molecular formula is C10H12INO5S. The molecule has 0 amide bonds. The largest absolute Gasteiger partial charge is 0.386 e. The van der Waals surface area contributed by atoms with Gasteiger partial charge in [0, 0.05) is 17.9 Å². The summed E-state index contributed by atoms with van der Waals surface area (Å²) in [5.74, 6) is -0.0907. The highest BCUT2D eigenvalue weighted by atomic mass is 127. The quantitative estimate of drug-likeness (QED) is 0.361. The zero-order chi connectivity index (χ0) is 13.9. The molecule has 0 saturated heterocycles. The number of halogens is 1. The lowest BCUT2D eigenvalue weighted by Gasteiger charge is -2.17. The standard InChI is InChI=1S/C10H12INO5S/c1-2-18(16,17)10(11)9(13)7-4-3-5-8(6-7)12(14)15/h3-6,9-10,13H,2H2,1H3. The van der Waals surface area contributed by atoms with Crippen molar-refractivity contribution in [3.8, 4) is 0 Å². The number of alkyl halides is 1. The third kappa shape index (κ3) is 3.39. The average Bonchev–Trinajstić information content (AvgIpc) is 2.37. The van der Waals surface area contributed by atoms with Crippen LogP contribution in [-0.4, -0.2) is 27.5 Å². The van der Waals surface area contributed by atoms with Gasteiger partial charge in [0.05, 0.1) is 4.92 Å². The van der Waals surface area contributed by atoms with Gasteiger partial charge in [-0.3, -0.25) is 10.1 Å². The smallest absolute Gasteiger partial charge is 0.269 e. The molecule has 8 heteroatoms. The summed E-state index contributed by atoms with van der Waals surface area (Å²) >= 11 is 1.64. The first-order valence-corrected chi connectivity index (χ1v) is 8.03. The zero-order valence-electron chi connectivity index (χ0n) is 9.48.